The van der Waals surface area contributed by atoms with Crippen LogP contribution in [0.25, 0.3) is 0 Å². The molecule has 8 heteroatoms. The molecule has 1 amide bonds. The Morgan fingerprint density at radius 3 is 2.14 bits per heavy atom. The molecule has 2 unspecified atom stereocenters. The van der Waals surface area contributed by atoms with Gasteiger partial charge in [0.1, 0.15) is 0 Å². The molecule has 2 aliphatic heterocycles. The van der Waals surface area contributed by atoms with E-state index in [0.717, 1.165) is 49.5 Å². The number of carbonyl (C=O) groups excluding carboxylic acids is 1. The van der Waals surface area contributed by atoms with Crippen LogP contribution in [0.4, 0.5) is 0 Å². The van der Waals surface area contributed by atoms with Gasteiger partial charge in [-0.3, -0.25) is 28.5 Å². The summed E-state index contributed by atoms with van der Waals surface area (Å²) in [6.07, 6.45) is 1.20. The number of carbonyl (C=O) groups is 1. The Kier molecular flexibility index (Phi) is 6.40. The Bertz CT molecular complexity index is 812. The third kappa shape index (κ3) is 4.72. The highest BCUT2D eigenvalue weighted by Crippen LogP contribution is 2.21. The molecule has 8 nitrogen and oxygen atoms in total. The van der Waals surface area contributed by atoms with Crippen molar-refractivity contribution in [2.24, 2.45) is 25.9 Å². The van der Waals surface area contributed by atoms with E-state index in [4.69, 9.17) is 0 Å². The lowest BCUT2D eigenvalue weighted by atomic mass is 9.92. The Morgan fingerprint density at radius 2 is 1.54 bits per heavy atom. The second-order valence-corrected chi connectivity index (χ2v) is 8.67. The summed E-state index contributed by atoms with van der Waals surface area (Å²) in [5.74, 6) is 1.39. The molecule has 0 N–H and O–H groups in total. The lowest BCUT2D eigenvalue weighted by Gasteiger charge is -2.38. The quantitative estimate of drug-likeness (QED) is 0.705. The Morgan fingerprint density at radius 1 is 0.964 bits per heavy atom. The molecule has 156 valence electrons. The van der Waals surface area contributed by atoms with Crippen LogP contribution in [-0.4, -0.2) is 75.6 Å². The summed E-state index contributed by atoms with van der Waals surface area (Å²) in [5, 5.41) is 0. The van der Waals surface area contributed by atoms with Gasteiger partial charge in [-0.25, -0.2) is 4.79 Å². The number of nitrogens with zero attached hydrogens (tertiary/aromatic N) is 5. The van der Waals surface area contributed by atoms with Crippen molar-refractivity contribution < 1.29 is 4.79 Å². The molecule has 0 aromatic carbocycles. The van der Waals surface area contributed by atoms with Gasteiger partial charge in [0, 0.05) is 71.7 Å². The summed E-state index contributed by atoms with van der Waals surface area (Å²) in [6.45, 7) is 10.5. The lowest BCUT2D eigenvalue weighted by molar-refractivity contribution is -0.135. The van der Waals surface area contributed by atoms with Gasteiger partial charge in [-0.1, -0.05) is 13.8 Å². The van der Waals surface area contributed by atoms with Crippen molar-refractivity contribution in [3.63, 3.8) is 0 Å². The van der Waals surface area contributed by atoms with Crippen LogP contribution in [-0.2, 0) is 25.4 Å². The van der Waals surface area contributed by atoms with Gasteiger partial charge in [0.15, 0.2) is 0 Å². The topological polar surface area (TPSA) is 70.8 Å². The molecule has 0 radical (unpaired) electrons. The first-order valence-corrected chi connectivity index (χ1v) is 10.2. The average molecular weight is 392 g/mol. The molecule has 0 bridgehead atoms. The fourth-order valence-electron chi connectivity index (χ4n) is 4.42. The van der Waals surface area contributed by atoms with E-state index in [2.05, 4.69) is 23.6 Å². The van der Waals surface area contributed by atoms with E-state index in [1.165, 1.54) is 24.1 Å². The zero-order valence-corrected chi connectivity index (χ0v) is 17.6. The van der Waals surface area contributed by atoms with E-state index < -0.39 is 0 Å². The smallest absolute Gasteiger partial charge is 0.330 e. The van der Waals surface area contributed by atoms with Crippen molar-refractivity contribution in [1.82, 2.24) is 23.8 Å². The van der Waals surface area contributed by atoms with Crippen molar-refractivity contribution in [2.75, 3.05) is 45.8 Å². The molecule has 0 saturated carbocycles. The standard InChI is InChI=1S/C20H33N5O3/c1-15-9-16(2)12-25(11-15)19(27)14-24-7-5-23(6-8-24)13-17-10-18(26)22(4)20(28)21(17)3/h10,15-16H,5-9,11-14H2,1-4H3. The van der Waals surface area contributed by atoms with Gasteiger partial charge in [0.2, 0.25) is 5.91 Å². The van der Waals surface area contributed by atoms with Crippen molar-refractivity contribution >= 4 is 5.91 Å². The van der Waals surface area contributed by atoms with E-state index in [1.54, 1.807) is 7.05 Å². The molecule has 1 aromatic rings. The summed E-state index contributed by atoms with van der Waals surface area (Å²) in [7, 11) is 3.20. The number of piperidine rings is 1. The van der Waals surface area contributed by atoms with E-state index in [0.29, 0.717) is 24.9 Å². The Balaban J connectivity index is 1.52. The van der Waals surface area contributed by atoms with E-state index >= 15 is 0 Å². The van der Waals surface area contributed by atoms with Crippen LogP contribution in [0.3, 0.4) is 0 Å². The second kappa shape index (κ2) is 8.61. The molecule has 1 aromatic heterocycles. The Hall–Kier alpha value is -1.93. The molecule has 2 aliphatic rings. The fraction of sp³-hybridized carbons (Fsp3) is 0.750. The lowest BCUT2D eigenvalue weighted by Crippen LogP contribution is -2.52. The summed E-state index contributed by atoms with van der Waals surface area (Å²) in [5.41, 5.74) is 0.165. The van der Waals surface area contributed by atoms with Crippen molar-refractivity contribution in [2.45, 2.75) is 26.8 Å². The first-order chi connectivity index (χ1) is 13.2. The molecular formula is C20H33N5O3. The van der Waals surface area contributed by atoms with Crippen LogP contribution >= 0.6 is 0 Å². The molecule has 2 atom stereocenters. The molecule has 2 fully saturated rings. The summed E-state index contributed by atoms with van der Waals surface area (Å²) in [6, 6.07) is 1.54. The van der Waals surface area contributed by atoms with Crippen LogP contribution in [0.2, 0.25) is 0 Å². The normalized spacial score (nSPS) is 24.5. The molecule has 28 heavy (non-hydrogen) atoms. The number of amides is 1. The monoisotopic (exact) mass is 391 g/mol. The van der Waals surface area contributed by atoms with Gasteiger partial charge < -0.3 is 4.90 Å². The van der Waals surface area contributed by atoms with E-state index in [1.807, 2.05) is 4.90 Å². The highest BCUT2D eigenvalue weighted by molar-refractivity contribution is 5.78. The zero-order valence-electron chi connectivity index (χ0n) is 17.6. The highest BCUT2D eigenvalue weighted by Gasteiger charge is 2.27. The van der Waals surface area contributed by atoms with Crippen molar-refractivity contribution in [3.8, 4) is 0 Å². The van der Waals surface area contributed by atoms with E-state index in [-0.39, 0.29) is 17.2 Å². The van der Waals surface area contributed by atoms with Gasteiger partial charge in [-0.05, 0) is 18.3 Å². The maximum atomic E-state index is 12.7. The number of hydrogen-bond donors (Lipinski definition) is 0. The average Bonchev–Trinajstić information content (AvgIpc) is 2.65. The predicted molar refractivity (Wildman–Crippen MR) is 108 cm³/mol. The maximum Gasteiger partial charge on any atom is 0.330 e. The van der Waals surface area contributed by atoms with Crippen molar-refractivity contribution in [1.29, 1.82) is 0 Å². The summed E-state index contributed by atoms with van der Waals surface area (Å²) in [4.78, 5) is 43.1. The van der Waals surface area contributed by atoms with Gasteiger partial charge in [-0.15, -0.1) is 0 Å². The minimum absolute atomic E-state index is 0.237. The SMILES string of the molecule is CC1CC(C)CN(C(=O)CN2CCN(Cc3cc(=O)n(C)c(=O)n3C)CC2)C1. The summed E-state index contributed by atoms with van der Waals surface area (Å²) < 4.78 is 2.66. The number of likely N-dealkylation sites (tertiary alicyclic amines) is 1. The van der Waals surface area contributed by atoms with Crippen LogP contribution in [0.15, 0.2) is 15.7 Å². The zero-order chi connectivity index (χ0) is 20.4. The fourth-order valence-corrected chi connectivity index (χ4v) is 4.42. The molecule has 0 aliphatic carbocycles. The van der Waals surface area contributed by atoms with Gasteiger partial charge in [0.05, 0.1) is 6.54 Å². The molecule has 2 saturated heterocycles. The number of hydrogen-bond acceptors (Lipinski definition) is 5. The van der Waals surface area contributed by atoms with Crippen LogP contribution < -0.4 is 11.2 Å². The first-order valence-electron chi connectivity index (χ1n) is 10.2. The van der Waals surface area contributed by atoms with E-state index in [9.17, 15) is 14.4 Å². The Labute approximate surface area is 166 Å². The third-order valence-electron chi connectivity index (χ3n) is 6.06. The maximum absolute atomic E-state index is 12.7. The number of rotatable bonds is 4. The molecule has 3 heterocycles. The predicted octanol–water partition coefficient (Wildman–Crippen LogP) is -0.294. The molecule has 0 spiro atoms. The minimum atomic E-state index is -0.295. The summed E-state index contributed by atoms with van der Waals surface area (Å²) >= 11 is 0. The van der Waals surface area contributed by atoms with Crippen LogP contribution in [0.5, 0.6) is 0 Å². The van der Waals surface area contributed by atoms with Gasteiger partial charge in [0.25, 0.3) is 5.56 Å². The second-order valence-electron chi connectivity index (χ2n) is 8.67. The van der Waals surface area contributed by atoms with Gasteiger partial charge in [-0.2, -0.15) is 0 Å². The third-order valence-corrected chi connectivity index (χ3v) is 6.06. The van der Waals surface area contributed by atoms with Crippen molar-refractivity contribution in [3.05, 3.63) is 32.6 Å². The van der Waals surface area contributed by atoms with Crippen LogP contribution in [0.1, 0.15) is 26.0 Å². The largest absolute Gasteiger partial charge is 0.341 e. The van der Waals surface area contributed by atoms with Gasteiger partial charge >= 0.3 is 5.69 Å². The first kappa shape index (κ1) is 20.8. The molecular weight excluding hydrogens is 358 g/mol. The molecule has 3 rings (SSSR count). The van der Waals surface area contributed by atoms with Crippen LogP contribution in [0, 0.1) is 11.8 Å². The minimum Gasteiger partial charge on any atom is -0.341 e. The number of piperazine rings is 1. The highest BCUT2D eigenvalue weighted by atomic mass is 16.2. The number of aromatic nitrogens is 2.